The summed E-state index contributed by atoms with van der Waals surface area (Å²) in [5.74, 6) is 7.41. The summed E-state index contributed by atoms with van der Waals surface area (Å²) in [4.78, 5) is 13.8. The maximum absolute atomic E-state index is 12.7. The van der Waals surface area contributed by atoms with Crippen LogP contribution in [0, 0.1) is 13.8 Å². The molecule has 1 atom stereocenters. The van der Waals surface area contributed by atoms with Crippen LogP contribution in [-0.2, 0) is 4.79 Å². The molecule has 4 rings (SSSR count). The van der Waals surface area contributed by atoms with Gasteiger partial charge in [-0.3, -0.25) is 4.79 Å². The maximum Gasteiger partial charge on any atom is 0.231 e. The van der Waals surface area contributed by atoms with Crippen molar-refractivity contribution in [2.24, 2.45) is 0 Å². The third-order valence-corrected chi connectivity index (χ3v) is 6.52. The molecule has 0 saturated carbocycles. The second kappa shape index (κ2) is 8.76. The van der Waals surface area contributed by atoms with Crippen LogP contribution in [0.2, 0.25) is 0 Å². The Kier molecular flexibility index (Phi) is 5.91. The topological polar surface area (TPSA) is 99.0 Å². The van der Waals surface area contributed by atoms with Crippen LogP contribution in [0.15, 0.2) is 63.7 Å². The molecule has 0 aliphatic rings. The van der Waals surface area contributed by atoms with Gasteiger partial charge in [-0.1, -0.05) is 47.7 Å². The van der Waals surface area contributed by atoms with E-state index < -0.39 is 0 Å². The minimum absolute atomic E-state index is 0.108. The molecule has 0 aliphatic carbocycles. The maximum atomic E-state index is 12.7. The Bertz CT molecular complexity index is 1130. The quantitative estimate of drug-likeness (QED) is 0.334. The molecular formula is C21H21N5O2S2. The molecule has 3 N–H and O–H groups in total. The molecule has 9 heteroatoms. The SMILES string of the molecule is Cc1ccc(C(NC(=O)CSc2nnc(-c3ccoc3C)n2N)c2cccs2)cc1. The van der Waals surface area contributed by atoms with E-state index in [1.165, 1.54) is 22.0 Å². The monoisotopic (exact) mass is 439 g/mol. The Hall–Kier alpha value is -3.04. The zero-order chi connectivity index (χ0) is 21.1. The highest BCUT2D eigenvalue weighted by Crippen LogP contribution is 2.28. The highest BCUT2D eigenvalue weighted by Gasteiger charge is 2.20. The van der Waals surface area contributed by atoms with E-state index in [4.69, 9.17) is 10.3 Å². The number of nitrogens with zero attached hydrogens (tertiary/aromatic N) is 3. The van der Waals surface area contributed by atoms with E-state index in [0.29, 0.717) is 16.7 Å². The first-order valence-electron chi connectivity index (χ1n) is 9.30. The van der Waals surface area contributed by atoms with Gasteiger partial charge in [-0.25, -0.2) is 4.68 Å². The van der Waals surface area contributed by atoms with E-state index in [-0.39, 0.29) is 17.7 Å². The van der Waals surface area contributed by atoms with Crippen molar-refractivity contribution in [3.63, 3.8) is 0 Å². The number of rotatable bonds is 7. The van der Waals surface area contributed by atoms with Crippen LogP contribution >= 0.6 is 23.1 Å². The number of thioether (sulfide) groups is 1. The van der Waals surface area contributed by atoms with Gasteiger partial charge in [0.05, 0.1) is 23.6 Å². The van der Waals surface area contributed by atoms with Crippen LogP contribution in [0.3, 0.4) is 0 Å². The molecule has 4 aromatic rings. The predicted molar refractivity (Wildman–Crippen MR) is 119 cm³/mol. The van der Waals surface area contributed by atoms with Gasteiger partial charge < -0.3 is 15.6 Å². The highest BCUT2D eigenvalue weighted by molar-refractivity contribution is 7.99. The summed E-state index contributed by atoms with van der Waals surface area (Å²) in [6, 6.07) is 13.8. The summed E-state index contributed by atoms with van der Waals surface area (Å²) < 4.78 is 6.68. The number of carbonyl (C=O) groups is 1. The lowest BCUT2D eigenvalue weighted by atomic mass is 10.0. The number of benzene rings is 1. The Labute approximate surface area is 182 Å². The minimum atomic E-state index is -0.196. The first kappa shape index (κ1) is 20.2. The standard InChI is InChI=1S/C21H21N5O2S2/c1-13-5-7-15(8-6-13)19(17-4-3-11-29-17)23-18(27)12-30-21-25-24-20(26(21)22)16-9-10-28-14(16)2/h3-11,19H,12,22H2,1-2H3,(H,23,27). The number of thiophene rings is 1. The molecule has 0 radical (unpaired) electrons. The van der Waals surface area contributed by atoms with Crippen LogP contribution in [0.1, 0.15) is 27.8 Å². The molecule has 0 fully saturated rings. The minimum Gasteiger partial charge on any atom is -0.469 e. The molecule has 0 spiro atoms. The Morgan fingerprint density at radius 3 is 2.70 bits per heavy atom. The predicted octanol–water partition coefficient (Wildman–Crippen LogP) is 3.93. The molecule has 3 heterocycles. The number of amides is 1. The summed E-state index contributed by atoms with van der Waals surface area (Å²) in [5.41, 5.74) is 3.00. The lowest BCUT2D eigenvalue weighted by Gasteiger charge is -2.18. The lowest BCUT2D eigenvalue weighted by molar-refractivity contribution is -0.119. The molecule has 0 bridgehead atoms. The average Bonchev–Trinajstić information content (AvgIpc) is 3.47. The fourth-order valence-corrected chi connectivity index (χ4v) is 4.51. The molecule has 154 valence electrons. The molecule has 1 unspecified atom stereocenters. The molecule has 30 heavy (non-hydrogen) atoms. The first-order chi connectivity index (χ1) is 14.5. The second-order valence-corrected chi connectivity index (χ2v) is 8.70. The third-order valence-electron chi connectivity index (χ3n) is 4.64. The molecule has 7 nitrogen and oxygen atoms in total. The number of hydrogen-bond acceptors (Lipinski definition) is 7. The van der Waals surface area contributed by atoms with E-state index in [1.807, 2.05) is 55.6 Å². The van der Waals surface area contributed by atoms with E-state index in [9.17, 15) is 4.79 Å². The number of hydrogen-bond donors (Lipinski definition) is 2. The van der Waals surface area contributed by atoms with E-state index in [0.717, 1.165) is 16.0 Å². The summed E-state index contributed by atoms with van der Waals surface area (Å²) in [6.45, 7) is 3.88. The molecular weight excluding hydrogens is 418 g/mol. The number of nitrogens with two attached hydrogens (primary N) is 1. The lowest BCUT2D eigenvalue weighted by Crippen LogP contribution is -2.30. The van der Waals surface area contributed by atoms with Crippen molar-refractivity contribution in [2.45, 2.75) is 25.0 Å². The first-order valence-corrected chi connectivity index (χ1v) is 11.2. The molecule has 0 saturated heterocycles. The zero-order valence-corrected chi connectivity index (χ0v) is 18.2. The smallest absolute Gasteiger partial charge is 0.231 e. The van der Waals surface area contributed by atoms with Gasteiger partial charge in [0, 0.05) is 4.88 Å². The van der Waals surface area contributed by atoms with E-state index >= 15 is 0 Å². The fourth-order valence-electron chi connectivity index (χ4n) is 3.04. The third kappa shape index (κ3) is 4.27. The Balaban J connectivity index is 1.45. The summed E-state index contributed by atoms with van der Waals surface area (Å²) in [7, 11) is 0. The largest absolute Gasteiger partial charge is 0.469 e. The summed E-state index contributed by atoms with van der Waals surface area (Å²) >= 11 is 2.86. The Morgan fingerprint density at radius 2 is 2.03 bits per heavy atom. The second-order valence-electron chi connectivity index (χ2n) is 6.78. The van der Waals surface area contributed by atoms with Crippen molar-refractivity contribution in [2.75, 3.05) is 11.6 Å². The van der Waals surface area contributed by atoms with Gasteiger partial charge in [0.1, 0.15) is 5.76 Å². The number of nitrogen functional groups attached to an aromatic ring is 1. The van der Waals surface area contributed by atoms with E-state index in [1.54, 1.807) is 23.7 Å². The van der Waals surface area contributed by atoms with Crippen molar-refractivity contribution in [3.05, 3.63) is 75.9 Å². The molecule has 0 aliphatic heterocycles. The molecule has 1 aromatic carbocycles. The van der Waals surface area contributed by atoms with Gasteiger partial charge in [-0.05, 0) is 36.9 Å². The van der Waals surface area contributed by atoms with E-state index in [2.05, 4.69) is 15.5 Å². The number of furan rings is 1. The summed E-state index contributed by atoms with van der Waals surface area (Å²) in [6.07, 6.45) is 1.58. The highest BCUT2D eigenvalue weighted by atomic mass is 32.2. The van der Waals surface area contributed by atoms with Gasteiger partial charge in [-0.15, -0.1) is 21.5 Å². The van der Waals surface area contributed by atoms with Gasteiger partial charge in [-0.2, -0.15) is 0 Å². The summed E-state index contributed by atoms with van der Waals surface area (Å²) in [5, 5.41) is 13.8. The normalized spacial score (nSPS) is 12.1. The fraction of sp³-hybridized carbons (Fsp3) is 0.190. The molecule has 3 aromatic heterocycles. The molecule has 1 amide bonds. The number of nitrogens with one attached hydrogen (secondary N) is 1. The van der Waals surface area contributed by atoms with Gasteiger partial charge in [0.15, 0.2) is 5.82 Å². The van der Waals surface area contributed by atoms with Gasteiger partial charge in [0.2, 0.25) is 11.1 Å². The van der Waals surface area contributed by atoms with Crippen LogP contribution in [0.5, 0.6) is 0 Å². The van der Waals surface area contributed by atoms with Crippen LogP contribution < -0.4 is 11.2 Å². The van der Waals surface area contributed by atoms with Gasteiger partial charge >= 0.3 is 0 Å². The van der Waals surface area contributed by atoms with Crippen LogP contribution in [0.25, 0.3) is 11.4 Å². The number of aromatic nitrogens is 3. The van der Waals surface area contributed by atoms with Crippen LogP contribution in [-0.4, -0.2) is 26.5 Å². The van der Waals surface area contributed by atoms with Crippen molar-refractivity contribution < 1.29 is 9.21 Å². The van der Waals surface area contributed by atoms with Gasteiger partial charge in [0.25, 0.3) is 0 Å². The van der Waals surface area contributed by atoms with Crippen molar-refractivity contribution in [3.8, 4) is 11.4 Å². The van der Waals surface area contributed by atoms with Crippen molar-refractivity contribution >= 4 is 29.0 Å². The van der Waals surface area contributed by atoms with Crippen molar-refractivity contribution in [1.29, 1.82) is 0 Å². The number of aryl methyl sites for hydroxylation is 2. The average molecular weight is 440 g/mol. The zero-order valence-electron chi connectivity index (χ0n) is 16.5. The van der Waals surface area contributed by atoms with Crippen molar-refractivity contribution in [1.82, 2.24) is 20.2 Å². The Morgan fingerprint density at radius 1 is 1.23 bits per heavy atom. The van der Waals surface area contributed by atoms with Crippen LogP contribution in [0.4, 0.5) is 0 Å². The number of carbonyl (C=O) groups excluding carboxylic acids is 1.